The van der Waals surface area contributed by atoms with E-state index in [4.69, 9.17) is 0 Å². The number of amides is 2. The fraction of sp³-hybridized carbons (Fsp3) is 0.0667. The van der Waals surface area contributed by atoms with Crippen LogP contribution in [-0.4, -0.2) is 26.3 Å². The van der Waals surface area contributed by atoms with Gasteiger partial charge in [0.15, 0.2) is 0 Å². The lowest BCUT2D eigenvalue weighted by molar-refractivity contribution is 0.0839. The van der Waals surface area contributed by atoms with E-state index in [1.807, 2.05) is 12.1 Å². The van der Waals surface area contributed by atoms with E-state index in [0.29, 0.717) is 16.7 Å². The van der Waals surface area contributed by atoms with Crippen LogP contribution in [0.5, 0.6) is 0 Å². The molecule has 0 aliphatic heterocycles. The number of halogens is 1. The molecular weight excluding hydrogens is 362 g/mol. The summed E-state index contributed by atoms with van der Waals surface area (Å²) < 4.78 is 2.42. The molecule has 2 amide bonds. The van der Waals surface area contributed by atoms with E-state index in [2.05, 4.69) is 36.7 Å². The third-order valence-electron chi connectivity index (χ3n) is 3.17. The van der Waals surface area contributed by atoms with Gasteiger partial charge in [-0.05, 0) is 34.1 Å². The van der Waals surface area contributed by atoms with Crippen LogP contribution in [0.1, 0.15) is 21.0 Å². The van der Waals surface area contributed by atoms with Crippen molar-refractivity contribution in [1.82, 2.24) is 25.4 Å². The number of aryl methyl sites for hydroxylation is 1. The van der Waals surface area contributed by atoms with Gasteiger partial charge in [-0.1, -0.05) is 12.1 Å². The second-order valence-corrected chi connectivity index (χ2v) is 5.72. The summed E-state index contributed by atoms with van der Waals surface area (Å²) in [6.07, 6.45) is 3.11. The largest absolute Gasteiger partial charge is 0.345 e. The van der Waals surface area contributed by atoms with Crippen LogP contribution in [0.15, 0.2) is 47.2 Å². The SMILES string of the molecule is Cn1cc(Br)cc1C(=O)NNC(=O)c1cnc2ccccc2n1. The van der Waals surface area contributed by atoms with Crippen molar-refractivity contribution >= 4 is 38.8 Å². The summed E-state index contributed by atoms with van der Waals surface area (Å²) in [6.45, 7) is 0. The van der Waals surface area contributed by atoms with Gasteiger partial charge in [0.05, 0.1) is 17.2 Å². The Kier molecular flexibility index (Phi) is 4.07. The van der Waals surface area contributed by atoms with Crippen molar-refractivity contribution in [3.63, 3.8) is 0 Å². The molecule has 0 spiro atoms. The first-order chi connectivity index (χ1) is 11.0. The molecule has 2 aromatic heterocycles. The average molecular weight is 374 g/mol. The standard InChI is InChI=1S/C15H12BrN5O2/c1-21-8-9(16)6-13(21)15(23)20-19-14(22)12-7-17-10-4-2-3-5-11(10)18-12/h2-8H,1H3,(H,19,22)(H,20,23). The van der Waals surface area contributed by atoms with Gasteiger partial charge in [0.2, 0.25) is 0 Å². The lowest BCUT2D eigenvalue weighted by atomic mass is 10.3. The third kappa shape index (κ3) is 3.21. The van der Waals surface area contributed by atoms with E-state index in [1.165, 1.54) is 6.20 Å². The van der Waals surface area contributed by atoms with E-state index >= 15 is 0 Å². The van der Waals surface area contributed by atoms with E-state index in [1.54, 1.807) is 36.0 Å². The summed E-state index contributed by atoms with van der Waals surface area (Å²) in [5, 5.41) is 0. The number of carbonyl (C=O) groups is 2. The average Bonchev–Trinajstić information content (AvgIpc) is 2.90. The zero-order chi connectivity index (χ0) is 16.4. The molecule has 0 saturated carbocycles. The van der Waals surface area contributed by atoms with Gasteiger partial charge in [0, 0.05) is 17.7 Å². The summed E-state index contributed by atoms with van der Waals surface area (Å²) in [4.78, 5) is 32.5. The molecule has 2 heterocycles. The van der Waals surface area contributed by atoms with Crippen LogP contribution in [0, 0.1) is 0 Å². The van der Waals surface area contributed by atoms with Crippen LogP contribution in [-0.2, 0) is 7.05 Å². The maximum absolute atomic E-state index is 12.1. The minimum atomic E-state index is -0.537. The van der Waals surface area contributed by atoms with Crippen molar-refractivity contribution in [1.29, 1.82) is 0 Å². The number of carbonyl (C=O) groups excluding carboxylic acids is 2. The van der Waals surface area contributed by atoms with Crippen LogP contribution in [0.4, 0.5) is 0 Å². The first-order valence-electron chi connectivity index (χ1n) is 6.69. The Bertz CT molecular complexity index is 906. The molecule has 8 heteroatoms. The molecule has 3 rings (SSSR count). The summed E-state index contributed by atoms with van der Waals surface area (Å²) in [7, 11) is 1.73. The number of para-hydroxylation sites is 2. The van der Waals surface area contributed by atoms with Gasteiger partial charge >= 0.3 is 0 Å². The fourth-order valence-electron chi connectivity index (χ4n) is 2.06. The van der Waals surface area contributed by atoms with E-state index in [-0.39, 0.29) is 5.69 Å². The Morgan fingerprint density at radius 1 is 1.13 bits per heavy atom. The Hall–Kier alpha value is -2.74. The second kappa shape index (κ2) is 6.17. The van der Waals surface area contributed by atoms with Crippen molar-refractivity contribution in [2.75, 3.05) is 0 Å². The first-order valence-corrected chi connectivity index (χ1v) is 7.48. The first kappa shape index (κ1) is 15.2. The molecule has 0 aliphatic carbocycles. The number of hydrogen-bond acceptors (Lipinski definition) is 4. The lowest BCUT2D eigenvalue weighted by Crippen LogP contribution is -2.42. The van der Waals surface area contributed by atoms with Crippen LogP contribution >= 0.6 is 15.9 Å². The molecule has 3 aromatic rings. The van der Waals surface area contributed by atoms with E-state index in [9.17, 15) is 9.59 Å². The third-order valence-corrected chi connectivity index (χ3v) is 3.61. The smallest absolute Gasteiger partial charge is 0.289 e. The monoisotopic (exact) mass is 373 g/mol. The molecular formula is C15H12BrN5O2. The molecule has 0 unspecified atom stereocenters. The molecule has 0 aliphatic rings. The predicted molar refractivity (Wildman–Crippen MR) is 87.6 cm³/mol. The van der Waals surface area contributed by atoms with Crippen LogP contribution in [0.25, 0.3) is 11.0 Å². The number of hydrazine groups is 1. The number of aromatic nitrogens is 3. The normalized spacial score (nSPS) is 10.5. The van der Waals surface area contributed by atoms with E-state index < -0.39 is 11.8 Å². The number of rotatable bonds is 2. The molecule has 2 N–H and O–H groups in total. The number of fused-ring (bicyclic) bond motifs is 1. The molecule has 0 saturated heterocycles. The van der Waals surface area contributed by atoms with Crippen molar-refractivity contribution in [3.8, 4) is 0 Å². The van der Waals surface area contributed by atoms with Gasteiger partial charge in [0.25, 0.3) is 11.8 Å². The molecule has 0 atom stereocenters. The summed E-state index contributed by atoms with van der Waals surface area (Å²) >= 11 is 3.28. The molecule has 23 heavy (non-hydrogen) atoms. The summed E-state index contributed by atoms with van der Waals surface area (Å²) in [6, 6.07) is 8.87. The van der Waals surface area contributed by atoms with Crippen molar-refractivity contribution in [3.05, 3.63) is 58.6 Å². The van der Waals surface area contributed by atoms with Crippen LogP contribution < -0.4 is 10.9 Å². The zero-order valence-electron chi connectivity index (χ0n) is 12.1. The molecule has 0 bridgehead atoms. The molecule has 7 nitrogen and oxygen atoms in total. The van der Waals surface area contributed by atoms with E-state index in [0.717, 1.165) is 4.47 Å². The van der Waals surface area contributed by atoms with Crippen molar-refractivity contribution < 1.29 is 9.59 Å². The number of benzene rings is 1. The van der Waals surface area contributed by atoms with Gasteiger partial charge in [-0.3, -0.25) is 25.4 Å². The fourth-order valence-corrected chi connectivity index (χ4v) is 2.58. The second-order valence-electron chi connectivity index (χ2n) is 4.81. The summed E-state index contributed by atoms with van der Waals surface area (Å²) in [5.41, 5.74) is 6.51. The number of nitrogens with zero attached hydrogens (tertiary/aromatic N) is 3. The quantitative estimate of drug-likeness (QED) is 0.670. The Morgan fingerprint density at radius 2 is 1.83 bits per heavy atom. The Balaban J connectivity index is 1.71. The predicted octanol–water partition coefficient (Wildman–Crippen LogP) is 1.81. The van der Waals surface area contributed by atoms with Gasteiger partial charge in [-0.15, -0.1) is 0 Å². The number of hydrogen-bond donors (Lipinski definition) is 2. The molecule has 116 valence electrons. The highest BCUT2D eigenvalue weighted by Gasteiger charge is 2.14. The highest BCUT2D eigenvalue weighted by molar-refractivity contribution is 9.10. The lowest BCUT2D eigenvalue weighted by Gasteiger charge is -2.07. The molecule has 0 fully saturated rings. The van der Waals surface area contributed by atoms with Crippen LogP contribution in [0.2, 0.25) is 0 Å². The summed E-state index contributed by atoms with van der Waals surface area (Å²) in [5.74, 6) is -0.967. The Labute approximate surface area is 139 Å². The molecule has 1 aromatic carbocycles. The van der Waals surface area contributed by atoms with Gasteiger partial charge in [0.1, 0.15) is 11.4 Å². The minimum Gasteiger partial charge on any atom is -0.345 e. The zero-order valence-corrected chi connectivity index (χ0v) is 13.7. The van der Waals surface area contributed by atoms with Crippen molar-refractivity contribution in [2.45, 2.75) is 0 Å². The van der Waals surface area contributed by atoms with Gasteiger partial charge < -0.3 is 4.57 Å². The van der Waals surface area contributed by atoms with Gasteiger partial charge in [-0.2, -0.15) is 0 Å². The minimum absolute atomic E-state index is 0.122. The maximum atomic E-state index is 12.1. The van der Waals surface area contributed by atoms with Gasteiger partial charge in [-0.25, -0.2) is 4.98 Å². The molecule has 0 radical (unpaired) electrons. The van der Waals surface area contributed by atoms with Crippen molar-refractivity contribution in [2.24, 2.45) is 7.05 Å². The number of nitrogens with one attached hydrogen (secondary N) is 2. The highest BCUT2D eigenvalue weighted by atomic mass is 79.9. The maximum Gasteiger partial charge on any atom is 0.289 e. The Morgan fingerprint density at radius 3 is 2.52 bits per heavy atom. The highest BCUT2D eigenvalue weighted by Crippen LogP contribution is 2.13. The van der Waals surface area contributed by atoms with Crippen LogP contribution in [0.3, 0.4) is 0 Å². The topological polar surface area (TPSA) is 88.9 Å².